The van der Waals surface area contributed by atoms with Gasteiger partial charge in [0, 0.05) is 17.8 Å². The molecule has 1 aromatic carbocycles. The number of halogens is 1. The van der Waals surface area contributed by atoms with E-state index in [-0.39, 0.29) is 12.5 Å². The Bertz CT molecular complexity index is 724. The molecule has 1 N–H and O–H groups in total. The van der Waals surface area contributed by atoms with Crippen molar-refractivity contribution in [2.45, 2.75) is 11.4 Å². The molecule has 24 heavy (non-hydrogen) atoms. The Morgan fingerprint density at radius 3 is 2.88 bits per heavy atom. The summed E-state index contributed by atoms with van der Waals surface area (Å²) in [6, 6.07) is 10.7. The Balaban J connectivity index is 1.75. The van der Waals surface area contributed by atoms with Crippen LogP contribution in [0, 0.1) is 0 Å². The summed E-state index contributed by atoms with van der Waals surface area (Å²) < 4.78 is 5.03. The number of carbonyl (C=O) groups is 2. The molecule has 0 atom stereocenters. The number of pyridine rings is 1. The fraction of sp³-hybridized carbons (Fsp3) is 0.235. The van der Waals surface area contributed by atoms with Crippen LogP contribution < -0.4 is 5.32 Å². The molecule has 0 fully saturated rings. The van der Waals surface area contributed by atoms with E-state index >= 15 is 0 Å². The third kappa shape index (κ3) is 5.54. The summed E-state index contributed by atoms with van der Waals surface area (Å²) in [5.74, 6) is -0.905. The number of ether oxygens (including phenoxy) is 1. The lowest BCUT2D eigenvalue weighted by Gasteiger charge is -2.08. The van der Waals surface area contributed by atoms with E-state index in [4.69, 9.17) is 16.3 Å². The van der Waals surface area contributed by atoms with Gasteiger partial charge in [0.2, 0.25) is 0 Å². The predicted molar refractivity (Wildman–Crippen MR) is 94.5 cm³/mol. The Labute approximate surface area is 149 Å². The van der Waals surface area contributed by atoms with Crippen molar-refractivity contribution in [1.82, 2.24) is 10.3 Å². The number of carbonyl (C=O) groups excluding carboxylic acids is 2. The van der Waals surface area contributed by atoms with Crippen LogP contribution in [-0.2, 0) is 16.0 Å². The minimum atomic E-state index is -0.558. The van der Waals surface area contributed by atoms with Crippen molar-refractivity contribution in [3.05, 3.63) is 58.7 Å². The lowest BCUT2D eigenvalue weighted by molar-refractivity contribution is -0.124. The SMILES string of the molecule is CSc1ncccc1C(=O)OCC(=O)NCCc1cccc(Cl)c1. The van der Waals surface area contributed by atoms with E-state index in [9.17, 15) is 9.59 Å². The monoisotopic (exact) mass is 364 g/mol. The second kappa shape index (κ2) is 9.30. The number of thioether (sulfide) groups is 1. The first-order valence-corrected chi connectivity index (χ1v) is 8.87. The zero-order valence-electron chi connectivity index (χ0n) is 13.1. The van der Waals surface area contributed by atoms with Crippen LogP contribution in [0.2, 0.25) is 5.02 Å². The molecule has 0 aliphatic heterocycles. The standard InChI is InChI=1S/C17H17ClN2O3S/c1-24-16-14(6-3-8-20-16)17(22)23-11-15(21)19-9-7-12-4-2-5-13(18)10-12/h2-6,8,10H,7,9,11H2,1H3,(H,19,21). The quantitative estimate of drug-likeness (QED) is 0.604. The van der Waals surface area contributed by atoms with E-state index in [1.807, 2.05) is 24.5 Å². The van der Waals surface area contributed by atoms with Crippen molar-refractivity contribution in [3.63, 3.8) is 0 Å². The van der Waals surface area contributed by atoms with Crippen LogP contribution >= 0.6 is 23.4 Å². The molecule has 0 unspecified atom stereocenters. The maximum Gasteiger partial charge on any atom is 0.341 e. The average Bonchev–Trinajstić information content (AvgIpc) is 2.59. The molecule has 1 aromatic heterocycles. The number of benzene rings is 1. The van der Waals surface area contributed by atoms with Gasteiger partial charge < -0.3 is 10.1 Å². The number of amides is 1. The van der Waals surface area contributed by atoms with Crippen LogP contribution in [0.15, 0.2) is 47.6 Å². The molecule has 5 nitrogen and oxygen atoms in total. The smallest absolute Gasteiger partial charge is 0.341 e. The van der Waals surface area contributed by atoms with Gasteiger partial charge in [0.05, 0.1) is 5.56 Å². The summed E-state index contributed by atoms with van der Waals surface area (Å²) in [6.07, 6.45) is 4.08. The van der Waals surface area contributed by atoms with E-state index in [1.54, 1.807) is 24.4 Å². The highest BCUT2D eigenvalue weighted by Crippen LogP contribution is 2.17. The van der Waals surface area contributed by atoms with Crippen molar-refractivity contribution in [3.8, 4) is 0 Å². The lowest BCUT2D eigenvalue weighted by atomic mass is 10.1. The molecule has 0 radical (unpaired) electrons. The minimum Gasteiger partial charge on any atom is -0.452 e. The molecular formula is C17H17ClN2O3S. The number of esters is 1. The summed E-state index contributed by atoms with van der Waals surface area (Å²) in [6.45, 7) is 0.122. The molecule has 7 heteroatoms. The minimum absolute atomic E-state index is 0.322. The first-order valence-electron chi connectivity index (χ1n) is 7.27. The third-order valence-electron chi connectivity index (χ3n) is 3.14. The topological polar surface area (TPSA) is 68.3 Å². The molecule has 1 amide bonds. The second-order valence-electron chi connectivity index (χ2n) is 4.87. The van der Waals surface area contributed by atoms with E-state index in [0.717, 1.165) is 5.56 Å². The number of aromatic nitrogens is 1. The van der Waals surface area contributed by atoms with Gasteiger partial charge in [0.1, 0.15) is 5.03 Å². The highest BCUT2D eigenvalue weighted by Gasteiger charge is 2.14. The zero-order valence-corrected chi connectivity index (χ0v) is 14.7. The number of hydrogen-bond donors (Lipinski definition) is 1. The van der Waals surface area contributed by atoms with Crippen LogP contribution in [0.4, 0.5) is 0 Å². The maximum atomic E-state index is 12.0. The van der Waals surface area contributed by atoms with Gasteiger partial charge in [-0.25, -0.2) is 9.78 Å². The Kier molecular flexibility index (Phi) is 7.08. The van der Waals surface area contributed by atoms with Gasteiger partial charge in [0.25, 0.3) is 5.91 Å². The highest BCUT2D eigenvalue weighted by atomic mass is 35.5. The van der Waals surface area contributed by atoms with E-state index in [0.29, 0.717) is 28.6 Å². The van der Waals surface area contributed by atoms with E-state index in [2.05, 4.69) is 10.3 Å². The van der Waals surface area contributed by atoms with Crippen molar-refractivity contribution >= 4 is 35.2 Å². The maximum absolute atomic E-state index is 12.0. The molecule has 0 saturated carbocycles. The molecule has 2 rings (SSSR count). The molecule has 0 aliphatic rings. The van der Waals surface area contributed by atoms with Crippen LogP contribution in [0.3, 0.4) is 0 Å². The Morgan fingerprint density at radius 2 is 2.12 bits per heavy atom. The van der Waals surface area contributed by atoms with E-state index < -0.39 is 5.97 Å². The molecule has 0 saturated heterocycles. The average molecular weight is 365 g/mol. The van der Waals surface area contributed by atoms with Crippen LogP contribution in [0.25, 0.3) is 0 Å². The van der Waals surface area contributed by atoms with Crippen molar-refractivity contribution in [1.29, 1.82) is 0 Å². The molecule has 0 aliphatic carbocycles. The molecule has 2 aromatic rings. The van der Waals surface area contributed by atoms with Gasteiger partial charge in [-0.3, -0.25) is 4.79 Å². The van der Waals surface area contributed by atoms with Gasteiger partial charge >= 0.3 is 5.97 Å². The van der Waals surface area contributed by atoms with Crippen molar-refractivity contribution in [2.24, 2.45) is 0 Å². The molecule has 0 bridgehead atoms. The third-order valence-corrected chi connectivity index (χ3v) is 4.09. The fourth-order valence-corrected chi connectivity index (χ4v) is 2.76. The molecule has 1 heterocycles. The lowest BCUT2D eigenvalue weighted by Crippen LogP contribution is -2.30. The van der Waals surface area contributed by atoms with Gasteiger partial charge in [-0.05, 0) is 42.5 Å². The Hall–Kier alpha value is -2.05. The molecular weight excluding hydrogens is 348 g/mol. The van der Waals surface area contributed by atoms with Crippen LogP contribution in [0.5, 0.6) is 0 Å². The summed E-state index contributed by atoms with van der Waals surface area (Å²) in [7, 11) is 0. The van der Waals surface area contributed by atoms with Crippen LogP contribution in [-0.4, -0.2) is 36.3 Å². The highest BCUT2D eigenvalue weighted by molar-refractivity contribution is 7.98. The number of rotatable bonds is 7. The molecule has 126 valence electrons. The number of nitrogens with zero attached hydrogens (tertiary/aromatic N) is 1. The van der Waals surface area contributed by atoms with Gasteiger partial charge in [-0.15, -0.1) is 11.8 Å². The normalized spacial score (nSPS) is 10.2. The summed E-state index contributed by atoms with van der Waals surface area (Å²) >= 11 is 7.25. The fourth-order valence-electron chi connectivity index (χ4n) is 2.01. The predicted octanol–water partition coefficient (Wildman–Crippen LogP) is 2.97. The van der Waals surface area contributed by atoms with Gasteiger partial charge in [0.15, 0.2) is 6.61 Å². The van der Waals surface area contributed by atoms with Crippen LogP contribution in [0.1, 0.15) is 15.9 Å². The second-order valence-corrected chi connectivity index (χ2v) is 6.10. The number of hydrogen-bond acceptors (Lipinski definition) is 5. The summed E-state index contributed by atoms with van der Waals surface area (Å²) in [5.41, 5.74) is 1.39. The Morgan fingerprint density at radius 1 is 1.29 bits per heavy atom. The first kappa shape index (κ1) is 18.3. The van der Waals surface area contributed by atoms with Gasteiger partial charge in [-0.1, -0.05) is 23.7 Å². The van der Waals surface area contributed by atoms with Crippen molar-refractivity contribution < 1.29 is 14.3 Å². The van der Waals surface area contributed by atoms with Crippen molar-refractivity contribution in [2.75, 3.05) is 19.4 Å². The largest absolute Gasteiger partial charge is 0.452 e. The number of nitrogens with one attached hydrogen (secondary N) is 1. The zero-order chi connectivity index (χ0) is 17.4. The first-order chi connectivity index (χ1) is 11.6. The van der Waals surface area contributed by atoms with E-state index in [1.165, 1.54) is 11.8 Å². The summed E-state index contributed by atoms with van der Waals surface area (Å²) in [5, 5.41) is 3.94. The summed E-state index contributed by atoms with van der Waals surface area (Å²) in [4.78, 5) is 27.8. The van der Waals surface area contributed by atoms with Gasteiger partial charge in [-0.2, -0.15) is 0 Å². The molecule has 0 spiro atoms.